The standard InChI is InChI=1S/C23H27Cl2N3O2/c1-14-12-27(13-15(2)26-14)20-11-19-16(9-21(20)30-3)7-8-28(19)22(29)10-17-5-4-6-18(24)23(17)25/h4-6,9,11,14-15,26H,7-8,10,12-13H2,1-3H3/t14-,15+. The molecule has 7 heteroatoms. The minimum atomic E-state index is 0.0241. The van der Waals surface area contributed by atoms with Crippen molar-refractivity contribution < 1.29 is 9.53 Å². The van der Waals surface area contributed by atoms with Gasteiger partial charge in [0.2, 0.25) is 5.91 Å². The highest BCUT2D eigenvalue weighted by Crippen LogP contribution is 2.40. The summed E-state index contributed by atoms with van der Waals surface area (Å²) >= 11 is 12.4. The first-order chi connectivity index (χ1) is 14.4. The van der Waals surface area contributed by atoms with E-state index in [4.69, 9.17) is 27.9 Å². The number of halogens is 2. The highest BCUT2D eigenvalue weighted by molar-refractivity contribution is 6.42. The molecule has 0 bridgehead atoms. The molecule has 2 aliphatic heterocycles. The number of ether oxygens (including phenoxy) is 1. The van der Waals surface area contributed by atoms with E-state index < -0.39 is 0 Å². The molecule has 0 unspecified atom stereocenters. The van der Waals surface area contributed by atoms with Gasteiger partial charge in [-0.05, 0) is 49.6 Å². The SMILES string of the molecule is COc1cc2c(cc1N1C[C@@H](C)N[C@@H](C)C1)N(C(=O)Cc1cccc(Cl)c1Cl)CC2. The summed E-state index contributed by atoms with van der Waals surface area (Å²) < 4.78 is 5.72. The van der Waals surface area contributed by atoms with Gasteiger partial charge in [-0.1, -0.05) is 35.3 Å². The number of hydrogen-bond acceptors (Lipinski definition) is 4. The molecule has 5 nitrogen and oxygen atoms in total. The molecule has 2 aromatic rings. The zero-order chi connectivity index (χ0) is 21.4. The second-order valence-corrected chi connectivity index (χ2v) is 9.00. The number of rotatable bonds is 4. The Morgan fingerprint density at radius 2 is 1.90 bits per heavy atom. The molecule has 30 heavy (non-hydrogen) atoms. The van der Waals surface area contributed by atoms with Crippen LogP contribution in [0.1, 0.15) is 25.0 Å². The number of nitrogens with zero attached hydrogens (tertiary/aromatic N) is 2. The van der Waals surface area contributed by atoms with Crippen molar-refractivity contribution in [1.29, 1.82) is 0 Å². The molecule has 0 spiro atoms. The van der Waals surface area contributed by atoms with Gasteiger partial charge in [-0.3, -0.25) is 4.79 Å². The fraction of sp³-hybridized carbons (Fsp3) is 0.435. The highest BCUT2D eigenvalue weighted by atomic mass is 35.5. The molecule has 2 heterocycles. The number of carbonyl (C=O) groups excluding carboxylic acids is 1. The third-order valence-corrected chi connectivity index (χ3v) is 6.71. The van der Waals surface area contributed by atoms with Crippen LogP contribution in [0.5, 0.6) is 5.75 Å². The quantitative estimate of drug-likeness (QED) is 0.757. The number of piperazine rings is 1. The summed E-state index contributed by atoms with van der Waals surface area (Å²) in [6.07, 6.45) is 1.04. The molecule has 0 saturated carbocycles. The van der Waals surface area contributed by atoms with Gasteiger partial charge in [-0.15, -0.1) is 0 Å². The number of nitrogens with one attached hydrogen (secondary N) is 1. The lowest BCUT2D eigenvalue weighted by Gasteiger charge is -2.38. The van der Waals surface area contributed by atoms with Crippen LogP contribution in [-0.2, 0) is 17.6 Å². The largest absolute Gasteiger partial charge is 0.495 e. The average Bonchev–Trinajstić information content (AvgIpc) is 3.12. The lowest BCUT2D eigenvalue weighted by atomic mass is 10.1. The van der Waals surface area contributed by atoms with Gasteiger partial charge in [0.05, 0.1) is 29.3 Å². The van der Waals surface area contributed by atoms with Crippen molar-refractivity contribution in [3.63, 3.8) is 0 Å². The molecule has 1 fully saturated rings. The van der Waals surface area contributed by atoms with Crippen molar-refractivity contribution in [3.8, 4) is 5.75 Å². The van der Waals surface area contributed by atoms with Crippen molar-refractivity contribution in [1.82, 2.24) is 5.32 Å². The molecular weight excluding hydrogens is 421 g/mol. The van der Waals surface area contributed by atoms with E-state index in [2.05, 4.69) is 36.2 Å². The summed E-state index contributed by atoms with van der Waals surface area (Å²) in [5.74, 6) is 0.887. The number of methoxy groups -OCH3 is 1. The number of carbonyl (C=O) groups is 1. The summed E-state index contributed by atoms with van der Waals surface area (Å²) in [6.45, 7) is 6.82. The summed E-state index contributed by atoms with van der Waals surface area (Å²) in [7, 11) is 1.71. The van der Waals surface area contributed by atoms with Crippen LogP contribution in [0.2, 0.25) is 10.0 Å². The fourth-order valence-electron chi connectivity index (χ4n) is 4.54. The number of amides is 1. The second kappa shape index (κ2) is 8.66. The fourth-order valence-corrected chi connectivity index (χ4v) is 4.93. The molecule has 1 saturated heterocycles. The van der Waals surface area contributed by atoms with Crippen molar-refractivity contribution in [3.05, 3.63) is 51.5 Å². The number of hydrogen-bond donors (Lipinski definition) is 1. The number of benzene rings is 2. The van der Waals surface area contributed by atoms with Crippen LogP contribution < -0.4 is 19.9 Å². The molecular formula is C23H27Cl2N3O2. The maximum Gasteiger partial charge on any atom is 0.231 e. The zero-order valence-electron chi connectivity index (χ0n) is 17.5. The molecule has 2 aliphatic rings. The van der Waals surface area contributed by atoms with Crippen LogP contribution in [0.3, 0.4) is 0 Å². The minimum absolute atomic E-state index is 0.0241. The molecule has 1 amide bonds. The Kier molecular flexibility index (Phi) is 6.14. The van der Waals surface area contributed by atoms with Gasteiger partial charge in [-0.2, -0.15) is 0 Å². The van der Waals surface area contributed by atoms with Gasteiger partial charge in [0, 0.05) is 37.4 Å². The predicted octanol–water partition coefficient (Wildman–Crippen LogP) is 4.32. The minimum Gasteiger partial charge on any atom is -0.495 e. The van der Waals surface area contributed by atoms with Gasteiger partial charge in [-0.25, -0.2) is 0 Å². The molecule has 160 valence electrons. The van der Waals surface area contributed by atoms with E-state index in [1.54, 1.807) is 13.2 Å². The van der Waals surface area contributed by atoms with E-state index in [1.807, 2.05) is 17.0 Å². The first-order valence-electron chi connectivity index (χ1n) is 10.3. The second-order valence-electron chi connectivity index (χ2n) is 8.21. The number of fused-ring (bicyclic) bond motifs is 1. The van der Waals surface area contributed by atoms with Gasteiger partial charge >= 0.3 is 0 Å². The Morgan fingerprint density at radius 3 is 2.60 bits per heavy atom. The van der Waals surface area contributed by atoms with Crippen LogP contribution in [0, 0.1) is 0 Å². The monoisotopic (exact) mass is 447 g/mol. The van der Waals surface area contributed by atoms with Crippen LogP contribution in [0.4, 0.5) is 11.4 Å². The third-order valence-electron chi connectivity index (χ3n) is 5.85. The van der Waals surface area contributed by atoms with Crippen LogP contribution in [0.15, 0.2) is 30.3 Å². The molecule has 0 radical (unpaired) electrons. The maximum absolute atomic E-state index is 13.2. The Morgan fingerprint density at radius 1 is 1.17 bits per heavy atom. The van der Waals surface area contributed by atoms with E-state index in [-0.39, 0.29) is 12.3 Å². The lowest BCUT2D eigenvalue weighted by molar-refractivity contribution is -0.117. The van der Waals surface area contributed by atoms with Gasteiger partial charge < -0.3 is 19.9 Å². The summed E-state index contributed by atoms with van der Waals surface area (Å²) in [6, 6.07) is 10.4. The molecule has 0 aromatic heterocycles. The van der Waals surface area contributed by atoms with E-state index >= 15 is 0 Å². The van der Waals surface area contributed by atoms with E-state index in [1.165, 1.54) is 0 Å². The van der Waals surface area contributed by atoms with Crippen molar-refractivity contribution >= 4 is 40.5 Å². The first-order valence-corrected chi connectivity index (χ1v) is 11.1. The van der Waals surface area contributed by atoms with Crippen LogP contribution >= 0.6 is 23.2 Å². The van der Waals surface area contributed by atoms with Gasteiger partial charge in [0.25, 0.3) is 0 Å². The molecule has 0 aliphatic carbocycles. The van der Waals surface area contributed by atoms with E-state index in [0.717, 1.165) is 47.8 Å². The van der Waals surface area contributed by atoms with Crippen molar-refractivity contribution in [2.75, 3.05) is 36.5 Å². The summed E-state index contributed by atoms with van der Waals surface area (Å²) in [5.41, 5.74) is 3.89. The smallest absolute Gasteiger partial charge is 0.231 e. The Bertz CT molecular complexity index is 956. The number of anilines is 2. The molecule has 1 N–H and O–H groups in total. The van der Waals surface area contributed by atoms with Crippen LogP contribution in [0.25, 0.3) is 0 Å². The Hall–Kier alpha value is -1.95. The molecule has 2 atom stereocenters. The topological polar surface area (TPSA) is 44.8 Å². The Balaban J connectivity index is 1.63. The highest BCUT2D eigenvalue weighted by Gasteiger charge is 2.30. The van der Waals surface area contributed by atoms with E-state index in [9.17, 15) is 4.79 Å². The first kappa shape index (κ1) is 21.3. The van der Waals surface area contributed by atoms with E-state index in [0.29, 0.717) is 28.7 Å². The normalized spacial score (nSPS) is 21.0. The van der Waals surface area contributed by atoms with Crippen molar-refractivity contribution in [2.45, 2.75) is 38.8 Å². The third kappa shape index (κ3) is 4.11. The zero-order valence-corrected chi connectivity index (χ0v) is 19.1. The lowest BCUT2D eigenvalue weighted by Crippen LogP contribution is -2.54. The van der Waals surface area contributed by atoms with Gasteiger partial charge in [0.15, 0.2) is 0 Å². The summed E-state index contributed by atoms with van der Waals surface area (Å²) in [5, 5.41) is 4.48. The maximum atomic E-state index is 13.2. The summed E-state index contributed by atoms with van der Waals surface area (Å²) in [4.78, 5) is 17.4. The van der Waals surface area contributed by atoms with Gasteiger partial charge in [0.1, 0.15) is 5.75 Å². The molecule has 2 aromatic carbocycles. The Labute approximate surface area is 187 Å². The average molecular weight is 448 g/mol. The van der Waals surface area contributed by atoms with Crippen LogP contribution in [-0.4, -0.2) is 44.7 Å². The molecule has 4 rings (SSSR count). The predicted molar refractivity (Wildman–Crippen MR) is 123 cm³/mol. The van der Waals surface area contributed by atoms with Crippen molar-refractivity contribution in [2.24, 2.45) is 0 Å².